The highest BCUT2D eigenvalue weighted by atomic mass is 32.2. The van der Waals surface area contributed by atoms with Crippen LogP contribution in [-0.4, -0.2) is 26.1 Å². The molecule has 2 aromatic carbocycles. The van der Waals surface area contributed by atoms with Crippen molar-refractivity contribution in [3.8, 4) is 0 Å². The molecule has 0 spiro atoms. The van der Waals surface area contributed by atoms with E-state index >= 15 is 0 Å². The first kappa shape index (κ1) is 17.9. The maximum Gasteiger partial charge on any atom is 0.269 e. The van der Waals surface area contributed by atoms with Crippen LogP contribution in [0.15, 0.2) is 53.4 Å². The van der Waals surface area contributed by atoms with E-state index in [9.17, 15) is 22.9 Å². The number of alkyl halides is 1. The first-order chi connectivity index (χ1) is 11.2. The number of nitro benzene ring substituents is 1. The van der Waals surface area contributed by atoms with Crippen molar-refractivity contribution in [2.75, 3.05) is 10.8 Å². The van der Waals surface area contributed by atoms with Crippen molar-refractivity contribution < 1.29 is 17.7 Å². The van der Waals surface area contributed by atoms with Crippen molar-refractivity contribution in [2.45, 2.75) is 24.9 Å². The van der Waals surface area contributed by atoms with Gasteiger partial charge in [-0.05, 0) is 38.1 Å². The molecule has 0 aliphatic rings. The zero-order chi connectivity index (χ0) is 17.9. The van der Waals surface area contributed by atoms with Gasteiger partial charge in [0.05, 0.1) is 22.1 Å². The number of anilines is 1. The van der Waals surface area contributed by atoms with Crippen molar-refractivity contribution in [3.63, 3.8) is 0 Å². The molecule has 6 nitrogen and oxygen atoms in total. The maximum absolute atomic E-state index is 13.5. The third-order valence-corrected chi connectivity index (χ3v) is 5.18. The minimum Gasteiger partial charge on any atom is -0.263 e. The number of hydrogen-bond donors (Lipinski definition) is 0. The quantitative estimate of drug-likeness (QED) is 0.589. The summed E-state index contributed by atoms with van der Waals surface area (Å²) >= 11 is 0. The van der Waals surface area contributed by atoms with Crippen LogP contribution in [-0.2, 0) is 10.0 Å². The van der Waals surface area contributed by atoms with Crippen LogP contribution in [0.5, 0.6) is 0 Å². The summed E-state index contributed by atoms with van der Waals surface area (Å²) in [6.07, 6.45) is -1.38. The molecule has 0 amide bonds. The van der Waals surface area contributed by atoms with Gasteiger partial charge in [0.15, 0.2) is 0 Å². The SMILES string of the molecule is Cc1ccc(N(CC(C)F)S(=O)(=O)c2ccc([N+](=O)[O-])cc2)cc1. The molecule has 0 saturated carbocycles. The van der Waals surface area contributed by atoms with Gasteiger partial charge in [-0.1, -0.05) is 17.7 Å². The molecular formula is C16H17FN2O4S. The maximum atomic E-state index is 13.5. The Morgan fingerprint density at radius 1 is 1.12 bits per heavy atom. The molecule has 2 rings (SSSR count). The number of halogens is 1. The normalized spacial score (nSPS) is 12.6. The molecule has 24 heavy (non-hydrogen) atoms. The predicted molar refractivity (Wildman–Crippen MR) is 89.4 cm³/mol. The van der Waals surface area contributed by atoms with Gasteiger partial charge in [0.2, 0.25) is 0 Å². The van der Waals surface area contributed by atoms with Gasteiger partial charge in [0, 0.05) is 12.1 Å². The number of benzene rings is 2. The van der Waals surface area contributed by atoms with Crippen LogP contribution < -0.4 is 4.31 Å². The summed E-state index contributed by atoms with van der Waals surface area (Å²) in [6.45, 7) is 2.78. The standard InChI is InChI=1S/C16H17FN2O4S/c1-12-3-5-14(6-4-12)18(11-13(2)17)24(22,23)16-9-7-15(8-10-16)19(20)21/h3-10,13H,11H2,1-2H3. The molecule has 0 heterocycles. The molecule has 0 radical (unpaired) electrons. The highest BCUT2D eigenvalue weighted by Crippen LogP contribution is 2.26. The van der Waals surface area contributed by atoms with Crippen LogP contribution in [0.4, 0.5) is 15.8 Å². The Morgan fingerprint density at radius 3 is 2.12 bits per heavy atom. The summed E-state index contributed by atoms with van der Waals surface area (Å²) in [5.74, 6) is 0. The number of nitrogens with zero attached hydrogens (tertiary/aromatic N) is 2. The number of nitro groups is 1. The van der Waals surface area contributed by atoms with Crippen LogP contribution >= 0.6 is 0 Å². The lowest BCUT2D eigenvalue weighted by atomic mass is 10.2. The van der Waals surface area contributed by atoms with Crippen LogP contribution in [0.2, 0.25) is 0 Å². The number of aryl methyl sites for hydroxylation is 1. The molecule has 1 unspecified atom stereocenters. The summed E-state index contributed by atoms with van der Waals surface area (Å²) in [4.78, 5) is 9.95. The zero-order valence-corrected chi connectivity index (χ0v) is 14.0. The second-order valence-electron chi connectivity index (χ2n) is 5.40. The Morgan fingerprint density at radius 2 is 1.67 bits per heavy atom. The Hall–Kier alpha value is -2.48. The van der Waals surface area contributed by atoms with Crippen LogP contribution in [0.1, 0.15) is 12.5 Å². The van der Waals surface area contributed by atoms with Crippen LogP contribution in [0.3, 0.4) is 0 Å². The highest BCUT2D eigenvalue weighted by Gasteiger charge is 2.27. The molecule has 2 aromatic rings. The van der Waals surface area contributed by atoms with Gasteiger partial charge in [-0.3, -0.25) is 14.4 Å². The van der Waals surface area contributed by atoms with E-state index in [1.54, 1.807) is 24.3 Å². The Labute approximate surface area is 139 Å². The number of hydrogen-bond acceptors (Lipinski definition) is 4. The average molecular weight is 352 g/mol. The van der Waals surface area contributed by atoms with Gasteiger partial charge < -0.3 is 0 Å². The summed E-state index contributed by atoms with van der Waals surface area (Å²) in [5.41, 5.74) is 1.07. The van der Waals surface area contributed by atoms with Crippen molar-refractivity contribution >= 4 is 21.4 Å². The van der Waals surface area contributed by atoms with E-state index in [-0.39, 0.29) is 17.1 Å². The Bertz CT molecular complexity index is 818. The highest BCUT2D eigenvalue weighted by molar-refractivity contribution is 7.92. The van der Waals surface area contributed by atoms with Crippen LogP contribution in [0.25, 0.3) is 0 Å². The smallest absolute Gasteiger partial charge is 0.263 e. The fourth-order valence-corrected chi connectivity index (χ4v) is 3.68. The Balaban J connectivity index is 2.46. The monoisotopic (exact) mass is 352 g/mol. The van der Waals surface area contributed by atoms with Crippen molar-refractivity contribution in [1.29, 1.82) is 0 Å². The average Bonchev–Trinajstić information content (AvgIpc) is 2.53. The molecule has 0 aromatic heterocycles. The summed E-state index contributed by atoms with van der Waals surface area (Å²) in [5, 5.41) is 10.7. The third kappa shape index (κ3) is 3.88. The molecule has 0 N–H and O–H groups in total. The lowest BCUT2D eigenvalue weighted by Gasteiger charge is -2.25. The molecule has 128 valence electrons. The second-order valence-corrected chi connectivity index (χ2v) is 7.27. The summed E-state index contributed by atoms with van der Waals surface area (Å²) in [6, 6.07) is 11.2. The third-order valence-electron chi connectivity index (χ3n) is 3.37. The molecule has 0 fully saturated rings. The van der Waals surface area contributed by atoms with Gasteiger partial charge in [0.25, 0.3) is 15.7 Å². The van der Waals surface area contributed by atoms with Crippen molar-refractivity contribution in [2.24, 2.45) is 0 Å². The number of sulfonamides is 1. The van der Waals surface area contributed by atoms with E-state index in [2.05, 4.69) is 0 Å². The first-order valence-corrected chi connectivity index (χ1v) is 8.64. The van der Waals surface area contributed by atoms with E-state index in [1.807, 2.05) is 6.92 Å². The minimum absolute atomic E-state index is 0.130. The van der Waals surface area contributed by atoms with Gasteiger partial charge in [-0.2, -0.15) is 0 Å². The molecule has 1 atom stereocenters. The van der Waals surface area contributed by atoms with Gasteiger partial charge in [-0.25, -0.2) is 12.8 Å². The molecular weight excluding hydrogens is 335 g/mol. The largest absolute Gasteiger partial charge is 0.269 e. The zero-order valence-electron chi connectivity index (χ0n) is 13.2. The van der Waals surface area contributed by atoms with Crippen molar-refractivity contribution in [3.05, 3.63) is 64.2 Å². The summed E-state index contributed by atoms with van der Waals surface area (Å²) in [7, 11) is -4.03. The van der Waals surface area contributed by atoms with Crippen LogP contribution in [0, 0.1) is 17.0 Å². The second kappa shape index (κ2) is 6.96. The molecule has 0 bridgehead atoms. The minimum atomic E-state index is -4.03. The van der Waals surface area contributed by atoms with Crippen molar-refractivity contribution in [1.82, 2.24) is 0 Å². The predicted octanol–water partition coefficient (Wildman–Crippen LogP) is 3.46. The topological polar surface area (TPSA) is 80.5 Å². The van der Waals surface area contributed by atoms with E-state index < -0.39 is 21.1 Å². The number of rotatable bonds is 6. The van der Waals surface area contributed by atoms with E-state index in [4.69, 9.17) is 0 Å². The van der Waals surface area contributed by atoms with E-state index in [0.717, 1.165) is 34.1 Å². The fourth-order valence-electron chi connectivity index (χ4n) is 2.15. The molecule has 8 heteroatoms. The van der Waals surface area contributed by atoms with E-state index in [1.165, 1.54) is 6.92 Å². The fraction of sp³-hybridized carbons (Fsp3) is 0.250. The molecule has 0 aliphatic heterocycles. The Kier molecular flexibility index (Phi) is 5.18. The molecule has 0 aliphatic carbocycles. The van der Waals surface area contributed by atoms with Gasteiger partial charge in [0.1, 0.15) is 6.17 Å². The first-order valence-electron chi connectivity index (χ1n) is 7.20. The van der Waals surface area contributed by atoms with Gasteiger partial charge in [-0.15, -0.1) is 0 Å². The van der Waals surface area contributed by atoms with Gasteiger partial charge >= 0.3 is 0 Å². The summed E-state index contributed by atoms with van der Waals surface area (Å²) < 4.78 is 40.2. The number of non-ortho nitro benzene ring substituents is 1. The lowest BCUT2D eigenvalue weighted by molar-refractivity contribution is -0.384. The molecule has 0 saturated heterocycles. The lowest BCUT2D eigenvalue weighted by Crippen LogP contribution is -2.35. The van der Waals surface area contributed by atoms with E-state index in [0.29, 0.717) is 5.69 Å².